The van der Waals surface area contributed by atoms with E-state index in [1.54, 1.807) is 29.1 Å². The van der Waals surface area contributed by atoms with Gasteiger partial charge in [-0.05, 0) is 50.5 Å². The van der Waals surface area contributed by atoms with Gasteiger partial charge in [-0.15, -0.1) is 0 Å². The van der Waals surface area contributed by atoms with Crippen molar-refractivity contribution in [2.45, 2.75) is 19.6 Å². The molecule has 174 valence electrons. The lowest BCUT2D eigenvalue weighted by Gasteiger charge is -2.16. The van der Waals surface area contributed by atoms with Crippen LogP contribution in [0.4, 0.5) is 16.2 Å². The van der Waals surface area contributed by atoms with E-state index in [-0.39, 0.29) is 6.03 Å². The molecule has 0 fully saturated rings. The summed E-state index contributed by atoms with van der Waals surface area (Å²) in [6, 6.07) is 12.4. The van der Waals surface area contributed by atoms with Gasteiger partial charge in [0.05, 0.1) is 5.69 Å². The number of nitrogens with zero attached hydrogens (tertiary/aromatic N) is 3. The van der Waals surface area contributed by atoms with E-state index in [2.05, 4.69) is 20.6 Å². The van der Waals surface area contributed by atoms with Crippen LogP contribution in [-0.2, 0) is 7.05 Å². The maximum Gasteiger partial charge on any atom is 0.323 e. The first-order valence-corrected chi connectivity index (χ1v) is 10.7. The quantitative estimate of drug-likeness (QED) is 0.560. The highest BCUT2D eigenvalue weighted by molar-refractivity contribution is 6.00. The number of aromatic nitrogens is 2. The van der Waals surface area contributed by atoms with Crippen LogP contribution in [0.1, 0.15) is 13.8 Å². The van der Waals surface area contributed by atoms with E-state index in [1.165, 1.54) is 0 Å². The summed E-state index contributed by atoms with van der Waals surface area (Å²) in [5.74, 6) is 1.25. The number of benzene rings is 2. The van der Waals surface area contributed by atoms with Crippen LogP contribution < -0.4 is 24.8 Å². The van der Waals surface area contributed by atoms with Gasteiger partial charge in [-0.2, -0.15) is 5.10 Å². The molecule has 0 radical (unpaired) electrons. The van der Waals surface area contributed by atoms with Crippen molar-refractivity contribution in [1.29, 1.82) is 0 Å². The maximum atomic E-state index is 12.7. The Morgan fingerprint density at radius 1 is 1.06 bits per heavy atom. The zero-order valence-corrected chi connectivity index (χ0v) is 19.5. The second-order valence-electron chi connectivity index (χ2n) is 8.55. The van der Waals surface area contributed by atoms with Crippen LogP contribution >= 0.6 is 0 Å². The third-order valence-electron chi connectivity index (χ3n) is 5.04. The van der Waals surface area contributed by atoms with E-state index >= 15 is 0 Å². The number of aryl methyl sites for hydroxylation is 1. The Hall–Kier alpha value is -3.72. The van der Waals surface area contributed by atoms with Crippen LogP contribution in [0.5, 0.6) is 17.2 Å². The number of rotatable bonds is 7. The number of fused-ring (bicyclic) bond motifs is 1. The average molecular weight is 452 g/mol. The van der Waals surface area contributed by atoms with Crippen LogP contribution in [0.3, 0.4) is 0 Å². The Labute approximate surface area is 193 Å². The van der Waals surface area contributed by atoms with Crippen LogP contribution in [0.15, 0.2) is 48.7 Å². The highest BCUT2D eigenvalue weighted by Crippen LogP contribution is 2.40. The van der Waals surface area contributed by atoms with Crippen LogP contribution in [-0.4, -0.2) is 53.7 Å². The van der Waals surface area contributed by atoms with E-state index in [1.807, 2.05) is 59.3 Å². The summed E-state index contributed by atoms with van der Waals surface area (Å²) in [7, 11) is 5.86. The molecule has 2 aromatic carbocycles. The second-order valence-corrected chi connectivity index (χ2v) is 8.55. The first-order valence-electron chi connectivity index (χ1n) is 10.7. The SMILES string of the molecule is CN(C)CCOc1ccc(NC(=O)Nc2ccc3c(c2)OC(C)(C)O3)cc1-c1ccnn1C. The third kappa shape index (κ3) is 5.38. The first kappa shape index (κ1) is 22.5. The van der Waals surface area contributed by atoms with Crippen LogP contribution in [0.25, 0.3) is 11.3 Å². The van der Waals surface area contributed by atoms with Gasteiger partial charge in [0, 0.05) is 56.6 Å². The van der Waals surface area contributed by atoms with Gasteiger partial charge in [0.2, 0.25) is 5.79 Å². The highest BCUT2D eigenvalue weighted by Gasteiger charge is 2.31. The summed E-state index contributed by atoms with van der Waals surface area (Å²) in [4.78, 5) is 14.7. The lowest BCUT2D eigenvalue weighted by Crippen LogP contribution is -2.29. The molecule has 0 atom stereocenters. The van der Waals surface area contributed by atoms with Gasteiger partial charge >= 0.3 is 6.03 Å². The minimum absolute atomic E-state index is 0.370. The van der Waals surface area contributed by atoms with Gasteiger partial charge in [-0.3, -0.25) is 4.68 Å². The molecule has 0 saturated carbocycles. The summed E-state index contributed by atoms with van der Waals surface area (Å²) in [5, 5.41) is 9.98. The Morgan fingerprint density at radius 2 is 1.76 bits per heavy atom. The Balaban J connectivity index is 1.49. The predicted molar refractivity (Wildman–Crippen MR) is 127 cm³/mol. The molecule has 0 spiro atoms. The second kappa shape index (κ2) is 9.03. The molecule has 0 aliphatic carbocycles. The van der Waals surface area contributed by atoms with Gasteiger partial charge < -0.3 is 29.7 Å². The summed E-state index contributed by atoms with van der Waals surface area (Å²) < 4.78 is 19.2. The predicted octanol–water partition coefficient (Wildman–Crippen LogP) is 4.18. The van der Waals surface area contributed by atoms with Crippen molar-refractivity contribution in [3.05, 3.63) is 48.7 Å². The molecule has 33 heavy (non-hydrogen) atoms. The number of ether oxygens (including phenoxy) is 3. The Morgan fingerprint density at radius 3 is 2.45 bits per heavy atom. The zero-order valence-electron chi connectivity index (χ0n) is 19.5. The number of hydrogen-bond acceptors (Lipinski definition) is 6. The fourth-order valence-electron chi connectivity index (χ4n) is 3.50. The molecule has 2 N–H and O–H groups in total. The number of anilines is 2. The van der Waals surface area contributed by atoms with E-state index in [9.17, 15) is 4.79 Å². The van der Waals surface area contributed by atoms with Crippen molar-refractivity contribution in [1.82, 2.24) is 14.7 Å². The monoisotopic (exact) mass is 451 g/mol. The summed E-state index contributed by atoms with van der Waals surface area (Å²) in [6.45, 7) is 5.01. The largest absolute Gasteiger partial charge is 0.492 e. The zero-order chi connectivity index (χ0) is 23.6. The van der Waals surface area contributed by atoms with Gasteiger partial charge in [0.1, 0.15) is 12.4 Å². The summed E-state index contributed by atoms with van der Waals surface area (Å²) in [5.41, 5.74) is 2.96. The number of hydrogen-bond donors (Lipinski definition) is 2. The van der Waals surface area contributed by atoms with Crippen molar-refractivity contribution in [2.75, 3.05) is 37.9 Å². The van der Waals surface area contributed by atoms with Crippen LogP contribution in [0.2, 0.25) is 0 Å². The van der Waals surface area contributed by atoms with E-state index in [0.29, 0.717) is 29.5 Å². The Bertz CT molecular complexity index is 1160. The molecule has 0 bridgehead atoms. The average Bonchev–Trinajstić information content (AvgIpc) is 3.29. The molecule has 0 unspecified atom stereocenters. The minimum atomic E-state index is -0.720. The van der Waals surface area contributed by atoms with Crippen molar-refractivity contribution >= 4 is 17.4 Å². The molecule has 9 nitrogen and oxygen atoms in total. The number of likely N-dealkylation sites (N-methyl/N-ethyl adjacent to an activating group) is 1. The first-order chi connectivity index (χ1) is 15.7. The lowest BCUT2D eigenvalue weighted by molar-refractivity contribution is -0.0431. The fourth-order valence-corrected chi connectivity index (χ4v) is 3.50. The number of urea groups is 1. The van der Waals surface area contributed by atoms with E-state index in [0.717, 1.165) is 23.6 Å². The number of amides is 2. The molecular weight excluding hydrogens is 422 g/mol. The normalized spacial score (nSPS) is 13.8. The van der Waals surface area contributed by atoms with Gasteiger partial charge in [-0.25, -0.2) is 4.79 Å². The Kier molecular flexibility index (Phi) is 6.15. The van der Waals surface area contributed by atoms with E-state index in [4.69, 9.17) is 14.2 Å². The lowest BCUT2D eigenvalue weighted by atomic mass is 10.1. The maximum absolute atomic E-state index is 12.7. The van der Waals surface area contributed by atoms with Gasteiger partial charge in [-0.1, -0.05) is 0 Å². The molecule has 2 amide bonds. The molecular formula is C24H29N5O4. The summed E-state index contributed by atoms with van der Waals surface area (Å²) in [6.07, 6.45) is 1.73. The molecule has 4 rings (SSSR count). The molecule has 3 aromatic rings. The number of nitrogens with one attached hydrogen (secondary N) is 2. The topological polar surface area (TPSA) is 89.9 Å². The standard InChI is InChI=1S/C24H29N5O4/c1-24(2)32-21-9-7-17(15-22(21)33-24)27-23(30)26-16-6-8-20(31-13-12-28(3)4)18(14-16)19-10-11-25-29(19)5/h6-11,14-15H,12-13H2,1-5H3,(H2,26,27,30). The molecule has 1 aliphatic heterocycles. The number of carbonyl (C=O) groups is 1. The molecule has 2 heterocycles. The molecule has 9 heteroatoms. The van der Waals surface area contributed by atoms with Gasteiger partial charge in [0.15, 0.2) is 11.5 Å². The van der Waals surface area contributed by atoms with E-state index < -0.39 is 5.79 Å². The van der Waals surface area contributed by atoms with Crippen molar-refractivity contribution in [2.24, 2.45) is 7.05 Å². The third-order valence-corrected chi connectivity index (χ3v) is 5.04. The smallest absolute Gasteiger partial charge is 0.323 e. The number of carbonyl (C=O) groups excluding carboxylic acids is 1. The van der Waals surface area contributed by atoms with Crippen molar-refractivity contribution < 1.29 is 19.0 Å². The fraction of sp³-hybridized carbons (Fsp3) is 0.333. The highest BCUT2D eigenvalue weighted by atomic mass is 16.7. The van der Waals surface area contributed by atoms with Crippen molar-refractivity contribution in [3.63, 3.8) is 0 Å². The van der Waals surface area contributed by atoms with Crippen molar-refractivity contribution in [3.8, 4) is 28.5 Å². The molecule has 0 saturated heterocycles. The minimum Gasteiger partial charge on any atom is -0.492 e. The van der Waals surface area contributed by atoms with Crippen LogP contribution in [0, 0.1) is 0 Å². The molecule has 1 aliphatic rings. The molecule has 1 aromatic heterocycles. The summed E-state index contributed by atoms with van der Waals surface area (Å²) >= 11 is 0. The van der Waals surface area contributed by atoms with Gasteiger partial charge in [0.25, 0.3) is 0 Å².